The number of hydrogen-bond acceptors (Lipinski definition) is 3. The van der Waals surface area contributed by atoms with Gasteiger partial charge < -0.3 is 5.32 Å². The molecule has 27 heavy (non-hydrogen) atoms. The molecule has 0 radical (unpaired) electrons. The average Bonchev–Trinajstić information content (AvgIpc) is 3.17. The van der Waals surface area contributed by atoms with Crippen molar-refractivity contribution in [2.24, 2.45) is 0 Å². The van der Waals surface area contributed by atoms with Gasteiger partial charge >= 0.3 is 0 Å². The van der Waals surface area contributed by atoms with Gasteiger partial charge in [0.15, 0.2) is 5.82 Å². The van der Waals surface area contributed by atoms with Gasteiger partial charge in [-0.3, -0.25) is 9.48 Å². The molecule has 0 saturated heterocycles. The summed E-state index contributed by atoms with van der Waals surface area (Å²) < 4.78 is 16.3. The first-order chi connectivity index (χ1) is 13.0. The van der Waals surface area contributed by atoms with E-state index in [-0.39, 0.29) is 11.7 Å². The molecule has 0 aliphatic heterocycles. The molecule has 2 aromatic carbocycles. The summed E-state index contributed by atoms with van der Waals surface area (Å²) >= 11 is 11.1. The second kappa shape index (κ2) is 7.42. The molecule has 0 unspecified atom stereocenters. The molecule has 0 atom stereocenters. The van der Waals surface area contributed by atoms with E-state index < -0.39 is 0 Å². The summed E-state index contributed by atoms with van der Waals surface area (Å²) in [7, 11) is 0. The summed E-state index contributed by atoms with van der Waals surface area (Å²) in [5, 5.41) is 8.47. The Balaban J connectivity index is 1.55. The number of benzene rings is 2. The number of hydrogen-bond donors (Lipinski definition) is 1. The largest absolute Gasteiger partial charge is 0.303 e. The number of thiophene rings is 1. The highest BCUT2D eigenvalue weighted by molar-refractivity contribution is 9.10. The lowest BCUT2D eigenvalue weighted by Crippen LogP contribution is -2.12. The fraction of sp³-hybridized carbons (Fsp3) is 0.0526. The molecule has 4 aromatic rings. The van der Waals surface area contributed by atoms with Crippen LogP contribution in [-0.2, 0) is 6.54 Å². The number of rotatable bonds is 4. The Kier molecular flexibility index (Phi) is 4.99. The fourth-order valence-corrected chi connectivity index (χ4v) is 4.49. The zero-order valence-electron chi connectivity index (χ0n) is 13.7. The molecular weight excluding hydrogens is 453 g/mol. The number of carbonyl (C=O) groups excluding carboxylic acids is 1. The van der Waals surface area contributed by atoms with Gasteiger partial charge in [0.1, 0.15) is 10.7 Å². The lowest BCUT2D eigenvalue weighted by atomic mass is 10.2. The Morgan fingerprint density at radius 1 is 1.22 bits per heavy atom. The van der Waals surface area contributed by atoms with Crippen LogP contribution in [0.2, 0.25) is 5.02 Å². The number of halogens is 3. The smallest absolute Gasteiger partial charge is 0.268 e. The van der Waals surface area contributed by atoms with Crippen molar-refractivity contribution in [3.63, 3.8) is 0 Å². The molecule has 4 nitrogen and oxygen atoms in total. The van der Waals surface area contributed by atoms with Gasteiger partial charge in [-0.25, -0.2) is 4.39 Å². The maximum Gasteiger partial charge on any atom is 0.268 e. The fourth-order valence-electron chi connectivity index (χ4n) is 2.66. The monoisotopic (exact) mass is 463 g/mol. The number of amides is 1. The van der Waals surface area contributed by atoms with Crippen LogP contribution in [0.1, 0.15) is 15.2 Å². The lowest BCUT2D eigenvalue weighted by molar-refractivity contribution is 0.103. The first kappa shape index (κ1) is 18.2. The highest BCUT2D eigenvalue weighted by Gasteiger charge is 2.19. The van der Waals surface area contributed by atoms with Crippen molar-refractivity contribution in [2.45, 2.75) is 6.54 Å². The minimum absolute atomic E-state index is 0.284. The molecule has 8 heteroatoms. The molecule has 0 aliphatic rings. The maximum absolute atomic E-state index is 13.0. The number of anilines is 1. The van der Waals surface area contributed by atoms with Crippen LogP contribution in [0.3, 0.4) is 0 Å². The van der Waals surface area contributed by atoms with Gasteiger partial charge in [-0.2, -0.15) is 5.10 Å². The maximum atomic E-state index is 13.0. The van der Waals surface area contributed by atoms with Crippen LogP contribution in [0, 0.1) is 5.82 Å². The van der Waals surface area contributed by atoms with Crippen LogP contribution in [0.5, 0.6) is 0 Å². The summed E-state index contributed by atoms with van der Waals surface area (Å²) in [4.78, 5) is 13.1. The highest BCUT2D eigenvalue weighted by Crippen LogP contribution is 2.35. The predicted octanol–water partition coefficient (Wildman–Crippen LogP) is 5.95. The normalized spacial score (nSPS) is 11.1. The van der Waals surface area contributed by atoms with Crippen molar-refractivity contribution in [3.05, 3.63) is 80.5 Å². The van der Waals surface area contributed by atoms with Crippen LogP contribution in [-0.4, -0.2) is 15.7 Å². The van der Waals surface area contributed by atoms with Crippen molar-refractivity contribution in [3.8, 4) is 0 Å². The summed E-state index contributed by atoms with van der Waals surface area (Å²) in [5.41, 5.74) is 0.900. The van der Waals surface area contributed by atoms with Crippen molar-refractivity contribution in [1.82, 2.24) is 9.78 Å². The van der Waals surface area contributed by atoms with Gasteiger partial charge in [0.25, 0.3) is 5.91 Å². The summed E-state index contributed by atoms with van der Waals surface area (Å²) in [6, 6.07) is 13.8. The van der Waals surface area contributed by atoms with E-state index in [1.165, 1.54) is 23.5 Å². The molecule has 0 aliphatic carbocycles. The number of nitrogens with one attached hydrogen (secondary N) is 1. The van der Waals surface area contributed by atoms with Crippen molar-refractivity contribution in [2.75, 3.05) is 5.32 Å². The predicted molar refractivity (Wildman–Crippen MR) is 110 cm³/mol. The molecule has 0 spiro atoms. The summed E-state index contributed by atoms with van der Waals surface area (Å²) in [5.74, 6) is -0.196. The minimum atomic E-state index is -0.311. The standard InChI is InChI=1S/C19H12BrClFN3OS/c20-14-10-25(9-11-5-7-12(22)8-6-11)24-18(14)23-19(26)17-16(21)13-3-1-2-4-15(13)27-17/h1-8,10H,9H2,(H,23,24,26). The molecule has 1 amide bonds. The van der Waals surface area contributed by atoms with E-state index in [9.17, 15) is 9.18 Å². The zero-order valence-corrected chi connectivity index (χ0v) is 16.9. The van der Waals surface area contributed by atoms with Crippen LogP contribution in [0.25, 0.3) is 10.1 Å². The van der Waals surface area contributed by atoms with Gasteiger partial charge in [-0.05, 0) is 39.7 Å². The second-order valence-electron chi connectivity index (χ2n) is 5.85. The van der Waals surface area contributed by atoms with E-state index in [4.69, 9.17) is 11.6 Å². The third kappa shape index (κ3) is 3.76. The first-order valence-electron chi connectivity index (χ1n) is 7.97. The molecular formula is C19H12BrClFN3OS. The third-order valence-electron chi connectivity index (χ3n) is 3.95. The van der Waals surface area contributed by atoms with E-state index in [1.807, 2.05) is 24.3 Å². The summed E-state index contributed by atoms with van der Waals surface area (Å²) in [6.45, 7) is 0.457. The molecule has 0 fully saturated rings. The van der Waals surface area contributed by atoms with E-state index >= 15 is 0 Å². The van der Waals surface area contributed by atoms with Crippen molar-refractivity contribution in [1.29, 1.82) is 0 Å². The Hall–Kier alpha value is -2.22. The van der Waals surface area contributed by atoms with E-state index in [1.54, 1.807) is 23.0 Å². The Morgan fingerprint density at radius 2 is 1.96 bits per heavy atom. The number of carbonyl (C=O) groups is 1. The van der Waals surface area contributed by atoms with Crippen LogP contribution in [0.15, 0.2) is 59.2 Å². The van der Waals surface area contributed by atoms with Gasteiger partial charge in [0.05, 0.1) is 16.0 Å². The molecule has 1 N–H and O–H groups in total. The molecule has 2 aromatic heterocycles. The molecule has 4 rings (SSSR count). The van der Waals surface area contributed by atoms with Crippen LogP contribution < -0.4 is 5.32 Å². The third-order valence-corrected chi connectivity index (χ3v) is 6.20. The quantitative estimate of drug-likeness (QED) is 0.405. The van der Waals surface area contributed by atoms with Gasteiger partial charge in [0.2, 0.25) is 0 Å². The first-order valence-corrected chi connectivity index (χ1v) is 9.96. The van der Waals surface area contributed by atoms with E-state index in [0.29, 0.717) is 26.7 Å². The Labute approximate surface area is 171 Å². The van der Waals surface area contributed by atoms with Crippen molar-refractivity contribution >= 4 is 60.7 Å². The number of nitrogens with zero attached hydrogens (tertiary/aromatic N) is 2. The lowest BCUT2D eigenvalue weighted by Gasteiger charge is -2.03. The minimum Gasteiger partial charge on any atom is -0.303 e. The van der Waals surface area contributed by atoms with Crippen molar-refractivity contribution < 1.29 is 9.18 Å². The molecule has 0 saturated carbocycles. The second-order valence-corrected chi connectivity index (χ2v) is 8.13. The Morgan fingerprint density at radius 3 is 2.70 bits per heavy atom. The number of fused-ring (bicyclic) bond motifs is 1. The molecule has 136 valence electrons. The molecule has 0 bridgehead atoms. The van der Waals surface area contributed by atoms with Crippen LogP contribution in [0.4, 0.5) is 10.2 Å². The highest BCUT2D eigenvalue weighted by atomic mass is 79.9. The van der Waals surface area contributed by atoms with Crippen LogP contribution >= 0.6 is 38.9 Å². The summed E-state index contributed by atoms with van der Waals surface area (Å²) in [6.07, 6.45) is 1.76. The van der Waals surface area contributed by atoms with Gasteiger partial charge in [-0.15, -0.1) is 11.3 Å². The number of aromatic nitrogens is 2. The Bertz CT molecular complexity index is 1140. The van der Waals surface area contributed by atoms with E-state index in [0.717, 1.165) is 15.6 Å². The molecule has 2 heterocycles. The topological polar surface area (TPSA) is 46.9 Å². The SMILES string of the molecule is O=C(Nc1nn(Cc2ccc(F)cc2)cc1Br)c1sc2ccccc2c1Cl. The zero-order chi connectivity index (χ0) is 19.0. The van der Waals surface area contributed by atoms with E-state index in [2.05, 4.69) is 26.3 Å². The van der Waals surface area contributed by atoms with Gasteiger partial charge in [0, 0.05) is 16.3 Å². The average molecular weight is 465 g/mol. The van der Waals surface area contributed by atoms with Gasteiger partial charge in [-0.1, -0.05) is 41.9 Å².